The van der Waals surface area contributed by atoms with E-state index >= 15 is 0 Å². The topological polar surface area (TPSA) is 37.4 Å². The summed E-state index contributed by atoms with van der Waals surface area (Å²) in [6.07, 6.45) is 1.59. The standard InChI is InChI=1S/C14H13Br2NO2S2/c1-2-7-17(10-12-4-3-8-20-12)21(18,19)14-9-11(15)5-6-13(14)16/h2-6,8-9H,1,7,10H2. The summed E-state index contributed by atoms with van der Waals surface area (Å²) in [5.41, 5.74) is 0. The van der Waals surface area contributed by atoms with E-state index in [1.165, 1.54) is 15.6 Å². The third kappa shape index (κ3) is 4.04. The zero-order chi connectivity index (χ0) is 15.5. The van der Waals surface area contributed by atoms with Gasteiger partial charge in [-0.1, -0.05) is 28.1 Å². The number of halogens is 2. The number of thiophene rings is 1. The van der Waals surface area contributed by atoms with Crippen LogP contribution >= 0.6 is 43.2 Å². The molecule has 0 unspecified atom stereocenters. The van der Waals surface area contributed by atoms with Crippen LogP contribution in [0.15, 0.2) is 62.2 Å². The lowest BCUT2D eigenvalue weighted by Crippen LogP contribution is -2.30. The zero-order valence-corrected chi connectivity index (χ0v) is 15.8. The van der Waals surface area contributed by atoms with E-state index in [0.29, 0.717) is 11.0 Å². The molecule has 0 atom stereocenters. The molecule has 21 heavy (non-hydrogen) atoms. The molecule has 0 bridgehead atoms. The van der Waals surface area contributed by atoms with E-state index < -0.39 is 10.0 Å². The van der Waals surface area contributed by atoms with Crippen LogP contribution in [0.25, 0.3) is 0 Å². The number of benzene rings is 1. The highest BCUT2D eigenvalue weighted by molar-refractivity contribution is 9.11. The number of hydrogen-bond acceptors (Lipinski definition) is 3. The third-order valence-electron chi connectivity index (χ3n) is 2.76. The first-order valence-corrected chi connectivity index (χ1v) is 9.94. The number of rotatable bonds is 6. The van der Waals surface area contributed by atoms with Crippen molar-refractivity contribution in [1.29, 1.82) is 0 Å². The van der Waals surface area contributed by atoms with Crippen molar-refractivity contribution < 1.29 is 8.42 Å². The molecule has 112 valence electrons. The van der Waals surface area contributed by atoms with Gasteiger partial charge in [-0.05, 0) is 45.6 Å². The smallest absolute Gasteiger partial charge is 0.207 e. The van der Waals surface area contributed by atoms with Gasteiger partial charge in [0.2, 0.25) is 10.0 Å². The predicted molar refractivity (Wildman–Crippen MR) is 94.0 cm³/mol. The molecular formula is C14H13Br2NO2S2. The third-order valence-corrected chi connectivity index (χ3v) is 6.92. The Balaban J connectivity index is 2.41. The molecule has 7 heteroatoms. The first kappa shape index (κ1) is 16.9. The second-order valence-electron chi connectivity index (χ2n) is 4.24. The minimum atomic E-state index is -3.60. The van der Waals surface area contributed by atoms with Crippen LogP contribution in [-0.2, 0) is 16.6 Å². The van der Waals surface area contributed by atoms with Crippen LogP contribution < -0.4 is 0 Å². The normalized spacial score (nSPS) is 11.8. The molecule has 0 aliphatic heterocycles. The maximum absolute atomic E-state index is 12.9. The molecule has 0 spiro atoms. The second-order valence-corrected chi connectivity index (χ2v) is 8.95. The van der Waals surface area contributed by atoms with Crippen molar-refractivity contribution in [3.05, 3.63) is 62.2 Å². The monoisotopic (exact) mass is 449 g/mol. The fourth-order valence-electron chi connectivity index (χ4n) is 1.78. The lowest BCUT2D eigenvalue weighted by Gasteiger charge is -2.21. The van der Waals surface area contributed by atoms with Gasteiger partial charge >= 0.3 is 0 Å². The molecular weight excluding hydrogens is 438 g/mol. The van der Waals surface area contributed by atoms with Gasteiger partial charge in [0.15, 0.2) is 0 Å². The van der Waals surface area contributed by atoms with Gasteiger partial charge in [0.25, 0.3) is 0 Å². The van der Waals surface area contributed by atoms with Crippen molar-refractivity contribution in [3.8, 4) is 0 Å². The summed E-state index contributed by atoms with van der Waals surface area (Å²) in [4.78, 5) is 1.24. The van der Waals surface area contributed by atoms with E-state index in [2.05, 4.69) is 38.4 Å². The lowest BCUT2D eigenvalue weighted by molar-refractivity contribution is 0.441. The molecule has 1 aromatic heterocycles. The van der Waals surface area contributed by atoms with Crippen molar-refractivity contribution in [3.63, 3.8) is 0 Å². The first-order chi connectivity index (χ1) is 9.95. The minimum absolute atomic E-state index is 0.246. The fraction of sp³-hybridized carbons (Fsp3) is 0.143. The Hall–Kier alpha value is -0.470. The van der Waals surface area contributed by atoms with Crippen molar-refractivity contribution >= 4 is 53.2 Å². The highest BCUT2D eigenvalue weighted by Gasteiger charge is 2.26. The van der Waals surface area contributed by atoms with Crippen molar-refractivity contribution in [2.24, 2.45) is 0 Å². The Bertz CT molecular complexity index is 727. The molecule has 0 saturated heterocycles. The van der Waals surface area contributed by atoms with Crippen LogP contribution in [-0.4, -0.2) is 19.3 Å². The number of nitrogens with zero attached hydrogens (tertiary/aromatic N) is 1. The molecule has 3 nitrogen and oxygen atoms in total. The largest absolute Gasteiger partial charge is 0.244 e. The second kappa shape index (κ2) is 7.19. The van der Waals surface area contributed by atoms with Crippen molar-refractivity contribution in [2.45, 2.75) is 11.4 Å². The summed E-state index contributed by atoms with van der Waals surface area (Å²) >= 11 is 8.16. The Morgan fingerprint density at radius 2 is 2.05 bits per heavy atom. The lowest BCUT2D eigenvalue weighted by atomic mass is 10.4. The Labute approximate surface area is 145 Å². The van der Waals surface area contributed by atoms with E-state index in [4.69, 9.17) is 0 Å². The Morgan fingerprint density at radius 1 is 1.29 bits per heavy atom. The molecule has 1 heterocycles. The van der Waals surface area contributed by atoms with Gasteiger partial charge in [0.05, 0.1) is 4.90 Å². The Kier molecular flexibility index (Phi) is 5.79. The molecule has 2 aromatic rings. The molecule has 0 N–H and O–H groups in total. The van der Waals surface area contributed by atoms with E-state index in [-0.39, 0.29) is 11.4 Å². The fourth-order valence-corrected chi connectivity index (χ4v) is 5.44. The molecule has 0 saturated carbocycles. The van der Waals surface area contributed by atoms with E-state index in [0.717, 1.165) is 9.35 Å². The molecule has 0 aliphatic rings. The maximum atomic E-state index is 12.9. The highest BCUT2D eigenvalue weighted by atomic mass is 79.9. The van der Waals surface area contributed by atoms with Gasteiger partial charge in [-0.25, -0.2) is 8.42 Å². The average molecular weight is 451 g/mol. The highest BCUT2D eigenvalue weighted by Crippen LogP contribution is 2.29. The van der Waals surface area contributed by atoms with E-state index in [9.17, 15) is 8.42 Å². The van der Waals surface area contributed by atoms with Crippen LogP contribution in [0.3, 0.4) is 0 Å². The van der Waals surface area contributed by atoms with Crippen molar-refractivity contribution in [2.75, 3.05) is 6.54 Å². The van der Waals surface area contributed by atoms with Gasteiger partial charge in [-0.3, -0.25) is 0 Å². The van der Waals surface area contributed by atoms with Crippen molar-refractivity contribution in [1.82, 2.24) is 4.31 Å². The maximum Gasteiger partial charge on any atom is 0.244 e. The average Bonchev–Trinajstić information content (AvgIpc) is 2.94. The van der Waals surface area contributed by atoms with Gasteiger partial charge < -0.3 is 0 Å². The Morgan fingerprint density at radius 3 is 2.67 bits per heavy atom. The summed E-state index contributed by atoms with van der Waals surface area (Å²) in [6, 6.07) is 8.94. The summed E-state index contributed by atoms with van der Waals surface area (Å²) in [5.74, 6) is 0. The zero-order valence-electron chi connectivity index (χ0n) is 11.0. The minimum Gasteiger partial charge on any atom is -0.207 e. The van der Waals surface area contributed by atoms with Crippen LogP contribution in [0.5, 0.6) is 0 Å². The molecule has 0 radical (unpaired) electrons. The molecule has 0 amide bonds. The van der Waals surface area contributed by atoms with Gasteiger partial charge in [0.1, 0.15) is 0 Å². The van der Waals surface area contributed by atoms with Gasteiger partial charge in [-0.2, -0.15) is 4.31 Å². The van der Waals surface area contributed by atoms with Crippen LogP contribution in [0.2, 0.25) is 0 Å². The predicted octanol–water partition coefficient (Wildman–Crippen LogP) is 4.65. The summed E-state index contributed by atoms with van der Waals surface area (Å²) in [5, 5.41) is 1.93. The number of sulfonamides is 1. The summed E-state index contributed by atoms with van der Waals surface area (Å²) in [6.45, 7) is 4.25. The van der Waals surface area contributed by atoms with Crippen LogP contribution in [0, 0.1) is 0 Å². The summed E-state index contributed by atoms with van der Waals surface area (Å²) < 4.78 is 28.4. The van der Waals surface area contributed by atoms with E-state index in [1.807, 2.05) is 17.5 Å². The van der Waals surface area contributed by atoms with Crippen LogP contribution in [0.1, 0.15) is 4.88 Å². The quantitative estimate of drug-likeness (QED) is 0.600. The summed E-state index contributed by atoms with van der Waals surface area (Å²) in [7, 11) is -3.60. The molecule has 2 rings (SSSR count). The molecule has 0 fully saturated rings. The first-order valence-electron chi connectivity index (χ1n) is 6.03. The number of hydrogen-bond donors (Lipinski definition) is 0. The van der Waals surface area contributed by atoms with Gasteiger partial charge in [0, 0.05) is 26.9 Å². The SMILES string of the molecule is C=CCN(Cc1cccs1)S(=O)(=O)c1cc(Br)ccc1Br. The molecule has 1 aromatic carbocycles. The molecule has 0 aliphatic carbocycles. The van der Waals surface area contributed by atoms with Gasteiger partial charge in [-0.15, -0.1) is 17.9 Å². The van der Waals surface area contributed by atoms with Crippen LogP contribution in [0.4, 0.5) is 0 Å². The van der Waals surface area contributed by atoms with E-state index in [1.54, 1.807) is 24.3 Å².